The molecule has 0 bridgehead atoms. The van der Waals surface area contributed by atoms with Crippen molar-refractivity contribution in [2.75, 3.05) is 34.0 Å². The second kappa shape index (κ2) is 13.4. The molecular formula is C25H38N4O4. The summed E-state index contributed by atoms with van der Waals surface area (Å²) in [5, 5.41) is 8.35. The first-order chi connectivity index (χ1) is 16.1. The van der Waals surface area contributed by atoms with Gasteiger partial charge in [-0.05, 0) is 37.8 Å². The predicted octanol–water partition coefficient (Wildman–Crippen LogP) is 3.69. The Balaban J connectivity index is 1.46. The van der Waals surface area contributed by atoms with Crippen LogP contribution in [0.3, 0.4) is 0 Å². The highest BCUT2D eigenvalue weighted by Gasteiger charge is 2.27. The minimum Gasteiger partial charge on any atom is -0.381 e. The third-order valence-corrected chi connectivity index (χ3v) is 6.29. The van der Waals surface area contributed by atoms with E-state index in [2.05, 4.69) is 22.4 Å². The summed E-state index contributed by atoms with van der Waals surface area (Å²) in [6.45, 7) is 4.29. The van der Waals surface area contributed by atoms with E-state index in [1.165, 1.54) is 24.8 Å². The monoisotopic (exact) mass is 458 g/mol. The summed E-state index contributed by atoms with van der Waals surface area (Å²) >= 11 is 0. The average molecular weight is 459 g/mol. The maximum atomic E-state index is 13.0. The van der Waals surface area contributed by atoms with Gasteiger partial charge in [0.2, 0.25) is 5.91 Å². The van der Waals surface area contributed by atoms with Gasteiger partial charge in [-0.25, -0.2) is 0 Å². The van der Waals surface area contributed by atoms with Gasteiger partial charge in [-0.15, -0.1) is 5.10 Å². The lowest BCUT2D eigenvalue weighted by Crippen LogP contribution is -2.46. The Bertz CT molecular complexity index is 846. The van der Waals surface area contributed by atoms with Gasteiger partial charge in [0.1, 0.15) is 5.69 Å². The molecule has 1 amide bonds. The van der Waals surface area contributed by atoms with Crippen LogP contribution in [0.2, 0.25) is 0 Å². The Morgan fingerprint density at radius 1 is 1.18 bits per heavy atom. The molecule has 0 spiro atoms. The van der Waals surface area contributed by atoms with Crippen LogP contribution in [0.4, 0.5) is 0 Å². The van der Waals surface area contributed by atoms with Gasteiger partial charge in [0.25, 0.3) is 0 Å². The smallest absolute Gasteiger partial charge is 0.225 e. The topological polar surface area (TPSA) is 78.7 Å². The molecule has 3 rings (SSSR count). The van der Waals surface area contributed by atoms with E-state index in [-0.39, 0.29) is 11.9 Å². The van der Waals surface area contributed by atoms with Crippen molar-refractivity contribution in [2.45, 2.75) is 70.7 Å². The van der Waals surface area contributed by atoms with Crippen molar-refractivity contribution in [3.05, 3.63) is 36.0 Å². The standard InChI is InChI=1S/C25H38N4O4/c1-4-28-18-23(26-27-28)21-10-8-9-20(17-21)13-15-33-16-14-24(30)29(19-25(31-2)32-3)22-11-6-5-7-12-22/h8-10,17-18,22,25H,4-7,11-16,19H2,1-3H3. The molecule has 182 valence electrons. The Morgan fingerprint density at radius 3 is 2.67 bits per heavy atom. The zero-order valence-corrected chi connectivity index (χ0v) is 20.2. The van der Waals surface area contributed by atoms with Crippen molar-refractivity contribution in [1.82, 2.24) is 19.9 Å². The van der Waals surface area contributed by atoms with E-state index >= 15 is 0 Å². The zero-order chi connectivity index (χ0) is 23.5. The quantitative estimate of drug-likeness (QED) is 0.336. The second-order valence-corrected chi connectivity index (χ2v) is 8.51. The molecule has 1 fully saturated rings. The predicted molar refractivity (Wildman–Crippen MR) is 127 cm³/mol. The molecule has 8 heteroatoms. The number of carbonyl (C=O) groups is 1. The molecule has 8 nitrogen and oxygen atoms in total. The van der Waals surface area contributed by atoms with Crippen LogP contribution in [0.5, 0.6) is 0 Å². The number of aromatic nitrogens is 3. The highest BCUT2D eigenvalue weighted by Crippen LogP contribution is 2.24. The summed E-state index contributed by atoms with van der Waals surface area (Å²) in [7, 11) is 3.23. The highest BCUT2D eigenvalue weighted by atomic mass is 16.7. The minimum atomic E-state index is -0.400. The highest BCUT2D eigenvalue weighted by molar-refractivity contribution is 5.76. The second-order valence-electron chi connectivity index (χ2n) is 8.51. The Labute approximate surface area is 197 Å². The van der Waals surface area contributed by atoms with Crippen LogP contribution in [0.15, 0.2) is 30.5 Å². The average Bonchev–Trinajstić information content (AvgIpc) is 3.35. The molecule has 0 unspecified atom stereocenters. The van der Waals surface area contributed by atoms with E-state index in [4.69, 9.17) is 14.2 Å². The van der Waals surface area contributed by atoms with E-state index in [1.807, 2.05) is 34.8 Å². The van der Waals surface area contributed by atoms with Gasteiger partial charge >= 0.3 is 0 Å². The van der Waals surface area contributed by atoms with Gasteiger partial charge in [0.15, 0.2) is 6.29 Å². The van der Waals surface area contributed by atoms with Crippen molar-refractivity contribution < 1.29 is 19.0 Å². The molecule has 0 N–H and O–H groups in total. The fraction of sp³-hybridized carbons (Fsp3) is 0.640. The summed E-state index contributed by atoms with van der Waals surface area (Å²) in [5.41, 5.74) is 3.10. The number of aryl methyl sites for hydroxylation is 1. The number of carbonyl (C=O) groups excluding carboxylic acids is 1. The maximum Gasteiger partial charge on any atom is 0.225 e. The van der Waals surface area contributed by atoms with Gasteiger partial charge in [0, 0.05) is 32.4 Å². The van der Waals surface area contributed by atoms with E-state index in [9.17, 15) is 4.79 Å². The minimum absolute atomic E-state index is 0.113. The Hall–Kier alpha value is -2.29. The molecule has 1 aromatic carbocycles. The third-order valence-electron chi connectivity index (χ3n) is 6.29. The zero-order valence-electron chi connectivity index (χ0n) is 20.2. The molecule has 0 aliphatic heterocycles. The summed E-state index contributed by atoms with van der Waals surface area (Å²) < 4.78 is 18.4. The molecule has 2 aromatic rings. The van der Waals surface area contributed by atoms with Crippen LogP contribution in [-0.2, 0) is 32.0 Å². The molecule has 1 aliphatic carbocycles. The fourth-order valence-corrected chi connectivity index (χ4v) is 4.32. The van der Waals surface area contributed by atoms with Crippen molar-refractivity contribution >= 4 is 5.91 Å². The number of benzene rings is 1. The molecular weight excluding hydrogens is 420 g/mol. The summed E-state index contributed by atoms with van der Waals surface area (Å²) in [6.07, 6.45) is 8.40. The van der Waals surface area contributed by atoms with Gasteiger partial charge in [-0.2, -0.15) is 0 Å². The molecule has 0 atom stereocenters. The van der Waals surface area contributed by atoms with Gasteiger partial charge < -0.3 is 19.1 Å². The van der Waals surface area contributed by atoms with Crippen LogP contribution in [-0.4, -0.2) is 72.1 Å². The molecule has 0 radical (unpaired) electrons. The van der Waals surface area contributed by atoms with E-state index in [0.717, 1.165) is 37.1 Å². The van der Waals surface area contributed by atoms with Crippen molar-refractivity contribution in [1.29, 1.82) is 0 Å². The van der Waals surface area contributed by atoms with Crippen LogP contribution >= 0.6 is 0 Å². The Kier molecular flexibility index (Phi) is 10.3. The number of methoxy groups -OCH3 is 2. The lowest BCUT2D eigenvalue weighted by molar-refractivity contribution is -0.151. The number of nitrogens with zero attached hydrogens (tertiary/aromatic N) is 4. The van der Waals surface area contributed by atoms with Crippen molar-refractivity contribution in [2.24, 2.45) is 0 Å². The maximum absolute atomic E-state index is 13.0. The Morgan fingerprint density at radius 2 is 1.97 bits per heavy atom. The van der Waals surface area contributed by atoms with E-state index < -0.39 is 6.29 Å². The number of rotatable bonds is 13. The van der Waals surface area contributed by atoms with E-state index in [0.29, 0.717) is 26.2 Å². The normalized spacial score (nSPS) is 14.7. The summed E-state index contributed by atoms with van der Waals surface area (Å²) in [5.74, 6) is 0.113. The lowest BCUT2D eigenvalue weighted by Gasteiger charge is -2.36. The van der Waals surface area contributed by atoms with Crippen LogP contribution < -0.4 is 0 Å². The summed E-state index contributed by atoms with van der Waals surface area (Å²) in [4.78, 5) is 14.9. The number of amides is 1. The molecule has 1 aromatic heterocycles. The van der Waals surface area contributed by atoms with Crippen molar-refractivity contribution in [3.8, 4) is 11.3 Å². The lowest BCUT2D eigenvalue weighted by atomic mass is 9.94. The molecule has 1 saturated carbocycles. The van der Waals surface area contributed by atoms with Gasteiger partial charge in [-0.1, -0.05) is 42.7 Å². The van der Waals surface area contributed by atoms with Crippen LogP contribution in [0.1, 0.15) is 51.0 Å². The molecule has 1 heterocycles. The molecule has 1 aliphatic rings. The molecule has 33 heavy (non-hydrogen) atoms. The number of hydrogen-bond donors (Lipinski definition) is 0. The first-order valence-electron chi connectivity index (χ1n) is 12.1. The largest absolute Gasteiger partial charge is 0.381 e. The number of hydrogen-bond acceptors (Lipinski definition) is 6. The van der Waals surface area contributed by atoms with Crippen LogP contribution in [0.25, 0.3) is 11.3 Å². The van der Waals surface area contributed by atoms with E-state index in [1.54, 1.807) is 14.2 Å². The SMILES string of the molecule is CCn1cc(-c2cccc(CCOCCC(=O)N(CC(OC)OC)C3CCCCC3)c2)nn1. The first kappa shape index (κ1) is 25.3. The van der Waals surface area contributed by atoms with Crippen molar-refractivity contribution in [3.63, 3.8) is 0 Å². The molecule has 0 saturated heterocycles. The van der Waals surface area contributed by atoms with Gasteiger partial charge in [-0.3, -0.25) is 9.48 Å². The van der Waals surface area contributed by atoms with Crippen LogP contribution in [0, 0.1) is 0 Å². The third kappa shape index (κ3) is 7.62. The fourth-order valence-electron chi connectivity index (χ4n) is 4.32. The number of ether oxygens (including phenoxy) is 3. The van der Waals surface area contributed by atoms with Gasteiger partial charge in [0.05, 0.1) is 32.4 Å². The summed E-state index contributed by atoms with van der Waals surface area (Å²) in [6, 6.07) is 8.55. The first-order valence-corrected chi connectivity index (χ1v) is 12.1.